The fourth-order valence-corrected chi connectivity index (χ4v) is 2.70. The third kappa shape index (κ3) is 1.45. The minimum Gasteiger partial charge on any atom is -0.388 e. The van der Waals surface area contributed by atoms with Gasteiger partial charge in [0, 0.05) is 0 Å². The molecule has 0 unspecified atom stereocenters. The fraction of sp³-hybridized carbons (Fsp3) is 0.667. The molecule has 0 aromatic rings. The lowest BCUT2D eigenvalue weighted by Crippen LogP contribution is -2.51. The molecule has 2 heterocycles. The summed E-state index contributed by atoms with van der Waals surface area (Å²) in [4.78, 5) is 0. The summed E-state index contributed by atoms with van der Waals surface area (Å²) in [5, 5.41) is 20.4. The van der Waals surface area contributed by atoms with Crippen molar-refractivity contribution in [3.8, 4) is 0 Å². The third-order valence-corrected chi connectivity index (χ3v) is 3.47. The van der Waals surface area contributed by atoms with Crippen molar-refractivity contribution in [2.24, 2.45) is 0 Å². The Bertz CT molecular complexity index is 303. The molecule has 4 atom stereocenters. The van der Waals surface area contributed by atoms with Gasteiger partial charge in [-0.15, -0.1) is 13.2 Å². The van der Waals surface area contributed by atoms with Crippen LogP contribution in [-0.2, 0) is 9.47 Å². The number of hydrogen-bond acceptors (Lipinski definition) is 4. The Balaban J connectivity index is 2.29. The first kappa shape index (κ1) is 11.8. The first-order valence-corrected chi connectivity index (χ1v) is 5.47. The summed E-state index contributed by atoms with van der Waals surface area (Å²) >= 11 is 0. The normalized spacial score (nSPS) is 46.6. The summed E-state index contributed by atoms with van der Waals surface area (Å²) in [5.74, 6) is 0. The fourth-order valence-electron chi connectivity index (χ4n) is 2.70. The largest absolute Gasteiger partial charge is 0.388 e. The summed E-state index contributed by atoms with van der Waals surface area (Å²) in [5.41, 5.74) is -1.91. The van der Waals surface area contributed by atoms with E-state index < -0.39 is 23.4 Å². The van der Waals surface area contributed by atoms with Gasteiger partial charge in [-0.25, -0.2) is 0 Å². The molecule has 2 aliphatic heterocycles. The standard InChI is InChI=1S/C12H18O4/c1-3-5-11(14)8-16-12(6-4-2)9(13)7-15-10(11)12/h3-4,9-10,13-14H,1-2,5-8H2/t9-,10+,11+,12+/m0/s1. The molecule has 0 saturated carbocycles. The summed E-state index contributed by atoms with van der Waals surface area (Å²) in [6, 6.07) is 0. The highest BCUT2D eigenvalue weighted by molar-refractivity contribution is 5.16. The van der Waals surface area contributed by atoms with Gasteiger partial charge in [0.05, 0.1) is 13.2 Å². The van der Waals surface area contributed by atoms with Gasteiger partial charge < -0.3 is 19.7 Å². The second kappa shape index (κ2) is 3.96. The molecule has 0 aromatic carbocycles. The molecule has 0 bridgehead atoms. The smallest absolute Gasteiger partial charge is 0.129 e. The summed E-state index contributed by atoms with van der Waals surface area (Å²) in [6.45, 7) is 7.63. The van der Waals surface area contributed by atoms with E-state index >= 15 is 0 Å². The molecule has 16 heavy (non-hydrogen) atoms. The highest BCUT2D eigenvalue weighted by Gasteiger charge is 2.64. The number of aliphatic hydroxyl groups excluding tert-OH is 1. The van der Waals surface area contributed by atoms with Crippen LogP contribution in [0.15, 0.2) is 25.3 Å². The van der Waals surface area contributed by atoms with Gasteiger partial charge >= 0.3 is 0 Å². The topological polar surface area (TPSA) is 58.9 Å². The molecule has 2 N–H and O–H groups in total. The van der Waals surface area contributed by atoms with Gasteiger partial charge in [0.15, 0.2) is 0 Å². The molecule has 2 rings (SSSR count). The summed E-state index contributed by atoms with van der Waals surface area (Å²) < 4.78 is 11.1. The monoisotopic (exact) mass is 226 g/mol. The molecule has 2 fully saturated rings. The summed E-state index contributed by atoms with van der Waals surface area (Å²) in [6.07, 6.45) is 2.97. The zero-order valence-corrected chi connectivity index (χ0v) is 9.26. The van der Waals surface area contributed by atoms with Gasteiger partial charge in [0.25, 0.3) is 0 Å². The molecule has 4 heteroatoms. The van der Waals surface area contributed by atoms with E-state index in [9.17, 15) is 10.2 Å². The molecule has 2 saturated heterocycles. The van der Waals surface area contributed by atoms with Crippen LogP contribution in [0, 0.1) is 0 Å². The maximum Gasteiger partial charge on any atom is 0.129 e. The van der Waals surface area contributed by atoms with Crippen molar-refractivity contribution in [3.05, 3.63) is 25.3 Å². The van der Waals surface area contributed by atoms with Gasteiger partial charge in [0.2, 0.25) is 0 Å². The van der Waals surface area contributed by atoms with Crippen LogP contribution >= 0.6 is 0 Å². The van der Waals surface area contributed by atoms with Crippen molar-refractivity contribution >= 4 is 0 Å². The Morgan fingerprint density at radius 1 is 1.31 bits per heavy atom. The maximum atomic E-state index is 10.4. The van der Waals surface area contributed by atoms with E-state index in [1.54, 1.807) is 12.2 Å². The number of aliphatic hydroxyl groups is 2. The van der Waals surface area contributed by atoms with Gasteiger partial charge in [-0.1, -0.05) is 12.2 Å². The second-order valence-corrected chi connectivity index (χ2v) is 4.56. The molecule has 4 nitrogen and oxygen atoms in total. The minimum atomic E-state index is -1.08. The molecular weight excluding hydrogens is 208 g/mol. The van der Waals surface area contributed by atoms with Crippen LogP contribution in [0.25, 0.3) is 0 Å². The zero-order valence-electron chi connectivity index (χ0n) is 9.26. The SMILES string of the molecule is C=CC[C@@]1(O)CO[C@@]2(CC=C)[C@@H]1OC[C@@H]2O. The van der Waals surface area contributed by atoms with E-state index in [2.05, 4.69) is 13.2 Å². The van der Waals surface area contributed by atoms with Crippen molar-refractivity contribution in [3.63, 3.8) is 0 Å². The van der Waals surface area contributed by atoms with E-state index in [1.165, 1.54) is 0 Å². The number of hydrogen-bond donors (Lipinski definition) is 2. The predicted molar refractivity (Wildman–Crippen MR) is 59.0 cm³/mol. The Labute approximate surface area is 95.2 Å². The Hall–Kier alpha value is -0.680. The molecule has 90 valence electrons. The van der Waals surface area contributed by atoms with Crippen molar-refractivity contribution in [1.82, 2.24) is 0 Å². The lowest BCUT2D eigenvalue weighted by molar-refractivity contribution is -0.0742. The number of rotatable bonds is 4. The molecular formula is C12H18O4. The summed E-state index contributed by atoms with van der Waals surface area (Å²) in [7, 11) is 0. The number of fused-ring (bicyclic) bond motifs is 1. The maximum absolute atomic E-state index is 10.4. The van der Waals surface area contributed by atoms with E-state index in [0.29, 0.717) is 12.8 Å². The molecule has 0 aromatic heterocycles. The minimum absolute atomic E-state index is 0.161. The average molecular weight is 226 g/mol. The van der Waals surface area contributed by atoms with Crippen LogP contribution in [0.1, 0.15) is 12.8 Å². The quantitative estimate of drug-likeness (QED) is 0.681. The van der Waals surface area contributed by atoms with E-state index in [0.717, 1.165) is 0 Å². The van der Waals surface area contributed by atoms with Gasteiger partial charge in [-0.2, -0.15) is 0 Å². The first-order valence-electron chi connectivity index (χ1n) is 5.47. The lowest BCUT2D eigenvalue weighted by atomic mass is 9.82. The molecule has 0 amide bonds. The van der Waals surface area contributed by atoms with Crippen molar-refractivity contribution in [1.29, 1.82) is 0 Å². The zero-order chi connectivity index (χ0) is 11.8. The predicted octanol–water partition coefficient (Wildman–Crippen LogP) is 0.398. The number of ether oxygens (including phenoxy) is 2. The highest BCUT2D eigenvalue weighted by Crippen LogP contribution is 2.46. The highest BCUT2D eigenvalue weighted by atomic mass is 16.6. The van der Waals surface area contributed by atoms with Gasteiger partial charge in [-0.3, -0.25) is 0 Å². The first-order chi connectivity index (χ1) is 7.59. The van der Waals surface area contributed by atoms with Crippen LogP contribution in [0.5, 0.6) is 0 Å². The van der Waals surface area contributed by atoms with Crippen molar-refractivity contribution < 1.29 is 19.7 Å². The van der Waals surface area contributed by atoms with Crippen LogP contribution in [0.2, 0.25) is 0 Å². The average Bonchev–Trinajstić information content (AvgIpc) is 2.69. The van der Waals surface area contributed by atoms with E-state index in [4.69, 9.17) is 9.47 Å². The van der Waals surface area contributed by atoms with Crippen molar-refractivity contribution in [2.45, 2.75) is 36.3 Å². The molecule has 0 spiro atoms. The lowest BCUT2D eigenvalue weighted by Gasteiger charge is -2.31. The van der Waals surface area contributed by atoms with Crippen LogP contribution in [0.4, 0.5) is 0 Å². The Kier molecular flexibility index (Phi) is 2.92. The Morgan fingerprint density at radius 2 is 2.00 bits per heavy atom. The van der Waals surface area contributed by atoms with E-state index in [-0.39, 0.29) is 13.2 Å². The molecule has 2 aliphatic rings. The molecule has 0 aliphatic carbocycles. The van der Waals surface area contributed by atoms with Crippen LogP contribution in [0.3, 0.4) is 0 Å². The second-order valence-electron chi connectivity index (χ2n) is 4.56. The van der Waals surface area contributed by atoms with Gasteiger partial charge in [-0.05, 0) is 12.8 Å². The van der Waals surface area contributed by atoms with Crippen LogP contribution < -0.4 is 0 Å². The Morgan fingerprint density at radius 3 is 2.62 bits per heavy atom. The van der Waals surface area contributed by atoms with Crippen molar-refractivity contribution in [2.75, 3.05) is 13.2 Å². The molecule has 0 radical (unpaired) electrons. The van der Waals surface area contributed by atoms with Gasteiger partial charge in [0.1, 0.15) is 23.4 Å². The third-order valence-electron chi connectivity index (χ3n) is 3.47. The van der Waals surface area contributed by atoms with Crippen LogP contribution in [-0.4, -0.2) is 46.8 Å². The van der Waals surface area contributed by atoms with E-state index in [1.807, 2.05) is 0 Å².